The van der Waals surface area contributed by atoms with Crippen molar-refractivity contribution in [3.63, 3.8) is 0 Å². The Morgan fingerprint density at radius 1 is 0.486 bits per heavy atom. The van der Waals surface area contributed by atoms with Gasteiger partial charge in [0.25, 0.3) is 0 Å². The molecular weight excluding hydrogens is 577 g/mol. The first-order chi connectivity index (χ1) is 17.2. The van der Waals surface area contributed by atoms with Gasteiger partial charge in [-0.25, -0.2) is 26.3 Å². The van der Waals surface area contributed by atoms with Crippen LogP contribution in [0.4, 0.5) is 37.7 Å². The number of halogens is 6. The fourth-order valence-corrected chi connectivity index (χ4v) is 3.98. The van der Waals surface area contributed by atoms with Gasteiger partial charge in [0, 0.05) is 16.5 Å². The smallest absolute Gasteiger partial charge is 0.194 e. The molecular formula is C26H14F6N2NiS2-4. The molecule has 4 rings (SSSR count). The van der Waals surface area contributed by atoms with Crippen molar-refractivity contribution in [2.24, 2.45) is 0 Å². The number of hydrogen-bond donors (Lipinski definition) is 0. The minimum atomic E-state index is -1.78. The van der Waals surface area contributed by atoms with E-state index in [-0.39, 0.29) is 37.7 Å². The van der Waals surface area contributed by atoms with E-state index in [2.05, 4.69) is 10.6 Å². The quantitative estimate of drug-likeness (QED) is 0.0934. The molecule has 0 radical (unpaired) electrons. The molecule has 196 valence electrons. The Hall–Kier alpha value is -3.01. The first-order valence-electron chi connectivity index (χ1n) is 10.4. The molecule has 0 aliphatic rings. The summed E-state index contributed by atoms with van der Waals surface area (Å²) in [6, 6.07) is 12.4. The molecule has 2 unspecified atom stereocenters. The Balaban J connectivity index is 0.00000380. The van der Waals surface area contributed by atoms with Gasteiger partial charge in [0.05, 0.1) is 0 Å². The Morgan fingerprint density at radius 2 is 0.838 bits per heavy atom. The predicted octanol–water partition coefficient (Wildman–Crippen LogP) is 8.52. The van der Waals surface area contributed by atoms with Crippen LogP contribution in [0.2, 0.25) is 0 Å². The number of para-hydroxylation sites is 2. The first-order valence-corrected chi connectivity index (χ1v) is 11.2. The third kappa shape index (κ3) is 5.95. The normalized spacial score (nSPS) is 12.4. The van der Waals surface area contributed by atoms with Gasteiger partial charge in [-0.3, -0.25) is 0 Å². The van der Waals surface area contributed by atoms with E-state index < -0.39 is 58.1 Å². The Labute approximate surface area is 230 Å². The van der Waals surface area contributed by atoms with E-state index in [1.165, 1.54) is 24.3 Å². The molecule has 0 aliphatic heterocycles. The molecule has 4 aromatic rings. The van der Waals surface area contributed by atoms with Crippen molar-refractivity contribution in [2.45, 2.75) is 21.9 Å². The maximum Gasteiger partial charge on any atom is 0.194 e. The van der Waals surface area contributed by atoms with Crippen LogP contribution in [-0.2, 0) is 41.7 Å². The van der Waals surface area contributed by atoms with Crippen LogP contribution in [-0.4, -0.2) is 0 Å². The van der Waals surface area contributed by atoms with Gasteiger partial charge in [-0.2, -0.15) is 21.2 Å². The number of hydrogen-bond acceptors (Lipinski definition) is 2. The summed E-state index contributed by atoms with van der Waals surface area (Å²) in [6.07, 6.45) is 0. The van der Waals surface area contributed by atoms with Crippen molar-refractivity contribution in [1.82, 2.24) is 0 Å². The van der Waals surface area contributed by atoms with Crippen LogP contribution >= 0.6 is 0 Å². The molecule has 2 atom stereocenters. The van der Waals surface area contributed by atoms with Crippen LogP contribution < -0.4 is 0 Å². The van der Waals surface area contributed by atoms with E-state index in [9.17, 15) is 17.6 Å². The molecule has 0 saturated heterocycles. The van der Waals surface area contributed by atoms with E-state index in [1.54, 1.807) is 24.3 Å². The van der Waals surface area contributed by atoms with Crippen molar-refractivity contribution in [3.05, 3.63) is 129 Å². The van der Waals surface area contributed by atoms with Gasteiger partial charge >= 0.3 is 0 Å². The third-order valence-electron chi connectivity index (χ3n) is 5.35. The average molecular weight is 591 g/mol. The molecule has 0 N–H and O–H groups in total. The van der Waals surface area contributed by atoms with Crippen LogP contribution in [0.25, 0.3) is 10.6 Å². The van der Waals surface area contributed by atoms with Gasteiger partial charge < -0.3 is 35.9 Å². The summed E-state index contributed by atoms with van der Waals surface area (Å²) in [5.74, 6) is -9.68. The van der Waals surface area contributed by atoms with Gasteiger partial charge in [-0.05, 0) is 23.3 Å². The van der Waals surface area contributed by atoms with Crippen LogP contribution in [0, 0.1) is 34.9 Å². The second-order valence-corrected chi connectivity index (χ2v) is 8.49. The Bertz CT molecular complexity index is 1320. The van der Waals surface area contributed by atoms with Crippen molar-refractivity contribution in [1.29, 1.82) is 0 Å². The standard InChI is InChI=1S/C26H16F6N2S2.Ni/c27-15-11-9-13(21(29)23(15)31)25(33-17-5-1-3-7-19(17)35)26(34-18-6-2-4-8-20(18)36)14-10-12-16(28)24(32)22(14)30;/h1-12,25-26,35-36H;/q-2;/p-2. The fraction of sp³-hybridized carbons (Fsp3) is 0.0769. The van der Waals surface area contributed by atoms with Gasteiger partial charge in [0.2, 0.25) is 0 Å². The van der Waals surface area contributed by atoms with Crippen molar-refractivity contribution < 1.29 is 42.8 Å². The summed E-state index contributed by atoms with van der Waals surface area (Å²) in [4.78, 5) is 0.442. The zero-order chi connectivity index (χ0) is 26.0. The maximum absolute atomic E-state index is 15.1. The zero-order valence-electron chi connectivity index (χ0n) is 18.4. The molecule has 0 heterocycles. The zero-order valence-corrected chi connectivity index (χ0v) is 21.0. The average Bonchev–Trinajstić information content (AvgIpc) is 2.86. The Morgan fingerprint density at radius 3 is 1.19 bits per heavy atom. The molecule has 2 nitrogen and oxygen atoms in total. The predicted molar refractivity (Wildman–Crippen MR) is 128 cm³/mol. The maximum atomic E-state index is 15.1. The SMILES string of the molecule is Fc1ccc(C([N-]c2ccccc2[S-])C([N-]c2ccccc2[S-])c2ccc(F)c(F)c2F)c(F)c1F.[Ni]. The third-order valence-corrected chi connectivity index (χ3v) is 6.04. The summed E-state index contributed by atoms with van der Waals surface area (Å²) in [7, 11) is 0. The second-order valence-electron chi connectivity index (χ2n) is 7.61. The Kier molecular flexibility index (Phi) is 9.28. The number of nitrogens with zero attached hydrogens (tertiary/aromatic N) is 2. The molecule has 37 heavy (non-hydrogen) atoms. The van der Waals surface area contributed by atoms with Crippen molar-refractivity contribution in [2.75, 3.05) is 0 Å². The summed E-state index contributed by atoms with van der Waals surface area (Å²) in [6.45, 7) is 0. The first kappa shape index (κ1) is 28.6. The summed E-state index contributed by atoms with van der Waals surface area (Å²) < 4.78 is 86.2. The molecule has 0 aromatic heterocycles. The van der Waals surface area contributed by atoms with Crippen LogP contribution in [0.1, 0.15) is 23.2 Å². The molecule has 0 fully saturated rings. The molecule has 0 bridgehead atoms. The number of rotatable bonds is 7. The molecule has 0 saturated carbocycles. The fourth-order valence-electron chi connectivity index (χ4n) is 3.59. The molecule has 0 amide bonds. The van der Waals surface area contributed by atoms with Gasteiger partial charge in [0.15, 0.2) is 34.9 Å². The summed E-state index contributed by atoms with van der Waals surface area (Å²) in [5.41, 5.74) is -0.744. The summed E-state index contributed by atoms with van der Waals surface area (Å²) in [5, 5.41) is 8.82. The molecule has 0 spiro atoms. The summed E-state index contributed by atoms with van der Waals surface area (Å²) >= 11 is 10.5. The topological polar surface area (TPSA) is 28.2 Å². The van der Waals surface area contributed by atoms with Gasteiger partial charge in [-0.15, -0.1) is 0 Å². The van der Waals surface area contributed by atoms with E-state index >= 15 is 8.78 Å². The van der Waals surface area contributed by atoms with Crippen molar-refractivity contribution >= 4 is 36.6 Å². The molecule has 0 aliphatic carbocycles. The minimum Gasteiger partial charge on any atom is -0.781 e. The van der Waals surface area contributed by atoms with E-state index in [0.717, 1.165) is 12.1 Å². The molecule has 11 heteroatoms. The van der Waals surface area contributed by atoms with E-state index in [4.69, 9.17) is 25.3 Å². The van der Waals surface area contributed by atoms with E-state index in [0.29, 0.717) is 12.1 Å². The van der Waals surface area contributed by atoms with Gasteiger partial charge in [0.1, 0.15) is 0 Å². The number of benzene rings is 4. The monoisotopic (exact) mass is 590 g/mol. The van der Waals surface area contributed by atoms with Crippen LogP contribution in [0.15, 0.2) is 82.6 Å². The molecule has 4 aromatic carbocycles. The largest absolute Gasteiger partial charge is 0.781 e. The van der Waals surface area contributed by atoms with E-state index in [1.807, 2.05) is 0 Å². The second kappa shape index (κ2) is 12.0. The van der Waals surface area contributed by atoms with Gasteiger partial charge in [-0.1, -0.05) is 72.7 Å². The van der Waals surface area contributed by atoms with Crippen LogP contribution in [0.3, 0.4) is 0 Å². The minimum absolute atomic E-state index is 0. The van der Waals surface area contributed by atoms with Crippen molar-refractivity contribution in [3.8, 4) is 0 Å². The van der Waals surface area contributed by atoms with Crippen LogP contribution in [0.5, 0.6) is 0 Å².